The normalized spacial score (nSPS) is 22.6. The predicted octanol–water partition coefficient (Wildman–Crippen LogP) is 1.96. The van der Waals surface area contributed by atoms with Crippen LogP contribution in [0.4, 0.5) is 0 Å². The molecule has 3 N–H and O–H groups in total. The number of nitrogens with one attached hydrogen (secondary N) is 2. The molecule has 0 bridgehead atoms. The zero-order valence-corrected chi connectivity index (χ0v) is 15.8. The zero-order chi connectivity index (χ0) is 17.6. The highest BCUT2D eigenvalue weighted by Crippen LogP contribution is 2.41. The second kappa shape index (κ2) is 7.50. The molecule has 26 heavy (non-hydrogen) atoms. The van der Waals surface area contributed by atoms with Gasteiger partial charge in [-0.2, -0.15) is 0 Å². The lowest BCUT2D eigenvalue weighted by Gasteiger charge is -2.15. The monoisotopic (exact) mass is 380 g/mol. The Balaban J connectivity index is 0.00000196. The Morgan fingerprint density at radius 2 is 2.19 bits per heavy atom. The van der Waals surface area contributed by atoms with Crippen molar-refractivity contribution in [3.8, 4) is 0 Å². The summed E-state index contributed by atoms with van der Waals surface area (Å²) in [6.45, 7) is 5.78. The van der Waals surface area contributed by atoms with Crippen LogP contribution < -0.4 is 10.6 Å². The SMILES string of the molecule is CC(C)c1noc2nc(C3CC3)cc(C(=O)NCC3CNCC3O)c12.Cl. The third-order valence-corrected chi connectivity index (χ3v) is 5.11. The summed E-state index contributed by atoms with van der Waals surface area (Å²) in [5.41, 5.74) is 2.70. The standard InChI is InChI=1S/C18H24N4O3.ClH/c1-9(2)16-15-12(17(24)20-7-11-6-19-8-14(11)23)5-13(10-3-4-10)21-18(15)25-22-16;/h5,9-11,14,19,23H,3-4,6-8H2,1-2H3,(H,20,24);1H. The smallest absolute Gasteiger partial charge is 0.259 e. The molecule has 142 valence electrons. The number of rotatable bonds is 5. The lowest BCUT2D eigenvalue weighted by atomic mass is 10.0. The lowest BCUT2D eigenvalue weighted by molar-refractivity contribution is 0.0928. The molecule has 0 radical (unpaired) electrons. The highest BCUT2D eigenvalue weighted by atomic mass is 35.5. The summed E-state index contributed by atoms with van der Waals surface area (Å²) in [5, 5.41) is 20.9. The molecule has 7 nitrogen and oxygen atoms in total. The Kier molecular flexibility index (Phi) is 5.50. The van der Waals surface area contributed by atoms with Gasteiger partial charge in [-0.3, -0.25) is 4.79 Å². The van der Waals surface area contributed by atoms with Crippen LogP contribution in [0.1, 0.15) is 60.3 Å². The topological polar surface area (TPSA) is 100 Å². The number of amides is 1. The highest BCUT2D eigenvalue weighted by molar-refractivity contribution is 6.06. The van der Waals surface area contributed by atoms with Gasteiger partial charge in [0.25, 0.3) is 11.6 Å². The molecular weight excluding hydrogens is 356 g/mol. The minimum Gasteiger partial charge on any atom is -0.391 e. The van der Waals surface area contributed by atoms with Crippen molar-refractivity contribution in [3.63, 3.8) is 0 Å². The van der Waals surface area contributed by atoms with E-state index in [4.69, 9.17) is 4.52 Å². The van der Waals surface area contributed by atoms with Crippen molar-refractivity contribution in [1.82, 2.24) is 20.8 Å². The molecule has 2 aliphatic rings. The number of β-amino-alcohol motifs (C(OH)–C–C–N with tert-alkyl or cyclic N) is 1. The maximum Gasteiger partial charge on any atom is 0.259 e. The number of halogens is 1. The number of fused-ring (bicyclic) bond motifs is 1. The molecule has 1 aliphatic heterocycles. The van der Waals surface area contributed by atoms with Crippen LogP contribution in [0, 0.1) is 5.92 Å². The van der Waals surface area contributed by atoms with E-state index in [2.05, 4.69) is 20.8 Å². The van der Waals surface area contributed by atoms with Crippen molar-refractivity contribution < 1.29 is 14.4 Å². The van der Waals surface area contributed by atoms with Gasteiger partial charge in [-0.15, -0.1) is 12.4 Å². The summed E-state index contributed by atoms with van der Waals surface area (Å²) in [6, 6.07) is 1.89. The fourth-order valence-electron chi connectivity index (χ4n) is 3.40. The fraction of sp³-hybridized carbons (Fsp3) is 0.611. The van der Waals surface area contributed by atoms with Gasteiger partial charge in [0.05, 0.1) is 22.7 Å². The van der Waals surface area contributed by atoms with Crippen LogP contribution in [0.5, 0.6) is 0 Å². The van der Waals surface area contributed by atoms with Gasteiger partial charge in [-0.1, -0.05) is 19.0 Å². The molecule has 1 saturated carbocycles. The van der Waals surface area contributed by atoms with Crippen LogP contribution in [0.3, 0.4) is 0 Å². The van der Waals surface area contributed by atoms with Gasteiger partial charge in [-0.25, -0.2) is 4.98 Å². The molecule has 2 aromatic rings. The first-order chi connectivity index (χ1) is 12.0. The van der Waals surface area contributed by atoms with E-state index in [1.54, 1.807) is 0 Å². The Hall–Kier alpha value is -1.70. The van der Waals surface area contributed by atoms with E-state index >= 15 is 0 Å². The van der Waals surface area contributed by atoms with Gasteiger partial charge >= 0.3 is 0 Å². The van der Waals surface area contributed by atoms with Gasteiger partial charge in [0.2, 0.25) is 0 Å². The first-order valence-electron chi connectivity index (χ1n) is 9.01. The molecule has 2 atom stereocenters. The van der Waals surface area contributed by atoms with Gasteiger partial charge in [0.15, 0.2) is 0 Å². The number of hydrogen-bond acceptors (Lipinski definition) is 6. The Bertz CT molecular complexity index is 803. The Morgan fingerprint density at radius 1 is 1.42 bits per heavy atom. The fourth-order valence-corrected chi connectivity index (χ4v) is 3.40. The maximum absolute atomic E-state index is 12.9. The Morgan fingerprint density at radius 3 is 2.81 bits per heavy atom. The number of aliphatic hydroxyl groups is 1. The minimum absolute atomic E-state index is 0. The molecule has 0 aromatic carbocycles. The largest absolute Gasteiger partial charge is 0.391 e. The number of nitrogens with zero attached hydrogens (tertiary/aromatic N) is 2. The van der Waals surface area contributed by atoms with E-state index in [1.807, 2.05) is 19.9 Å². The van der Waals surface area contributed by atoms with E-state index in [0.717, 1.165) is 24.2 Å². The summed E-state index contributed by atoms with van der Waals surface area (Å²) in [4.78, 5) is 17.5. The van der Waals surface area contributed by atoms with Crippen LogP contribution in [-0.2, 0) is 0 Å². The molecule has 2 aromatic heterocycles. The summed E-state index contributed by atoms with van der Waals surface area (Å²) in [5.74, 6) is 0.446. The molecule has 0 spiro atoms. The van der Waals surface area contributed by atoms with Crippen molar-refractivity contribution in [1.29, 1.82) is 0 Å². The van der Waals surface area contributed by atoms with Gasteiger partial charge < -0.3 is 20.3 Å². The van der Waals surface area contributed by atoms with Crippen LogP contribution in [0.15, 0.2) is 10.6 Å². The van der Waals surface area contributed by atoms with Crippen molar-refractivity contribution in [2.45, 2.75) is 44.6 Å². The van der Waals surface area contributed by atoms with Gasteiger partial charge in [-0.05, 0) is 24.8 Å². The van der Waals surface area contributed by atoms with E-state index in [0.29, 0.717) is 42.2 Å². The van der Waals surface area contributed by atoms with Gasteiger partial charge in [0, 0.05) is 37.2 Å². The van der Waals surface area contributed by atoms with Crippen LogP contribution in [0.25, 0.3) is 11.1 Å². The first-order valence-corrected chi connectivity index (χ1v) is 9.01. The zero-order valence-electron chi connectivity index (χ0n) is 15.0. The summed E-state index contributed by atoms with van der Waals surface area (Å²) >= 11 is 0. The molecule has 1 aliphatic carbocycles. The minimum atomic E-state index is -0.415. The third-order valence-electron chi connectivity index (χ3n) is 5.11. The molecule has 1 amide bonds. The molecule has 8 heteroatoms. The number of carbonyl (C=O) groups excluding carboxylic acids is 1. The summed E-state index contributed by atoms with van der Waals surface area (Å²) in [6.07, 6.45) is 1.79. The maximum atomic E-state index is 12.9. The molecule has 2 unspecified atom stereocenters. The number of aliphatic hydroxyl groups excluding tert-OH is 1. The quantitative estimate of drug-likeness (QED) is 0.733. The van der Waals surface area contributed by atoms with Crippen LogP contribution in [-0.4, -0.2) is 46.9 Å². The average Bonchev–Trinajstić information content (AvgIpc) is 3.22. The summed E-state index contributed by atoms with van der Waals surface area (Å²) in [7, 11) is 0. The van der Waals surface area contributed by atoms with Crippen molar-refractivity contribution in [3.05, 3.63) is 23.0 Å². The first kappa shape index (κ1) is 19.1. The Labute approximate surface area is 158 Å². The number of carbonyl (C=O) groups is 1. The van der Waals surface area contributed by atoms with E-state index in [-0.39, 0.29) is 30.2 Å². The number of hydrogen-bond donors (Lipinski definition) is 3. The number of pyridine rings is 1. The van der Waals surface area contributed by atoms with E-state index < -0.39 is 6.10 Å². The second-order valence-electron chi connectivity index (χ2n) is 7.47. The molecule has 4 rings (SSSR count). The third kappa shape index (κ3) is 3.56. The van der Waals surface area contributed by atoms with Crippen LogP contribution >= 0.6 is 12.4 Å². The van der Waals surface area contributed by atoms with E-state index in [1.165, 1.54) is 0 Å². The van der Waals surface area contributed by atoms with E-state index in [9.17, 15) is 9.90 Å². The molecular formula is C18H25ClN4O3. The molecule has 3 heterocycles. The van der Waals surface area contributed by atoms with Crippen molar-refractivity contribution >= 4 is 29.4 Å². The van der Waals surface area contributed by atoms with Crippen LogP contribution in [0.2, 0.25) is 0 Å². The second-order valence-corrected chi connectivity index (χ2v) is 7.47. The summed E-state index contributed by atoms with van der Waals surface area (Å²) < 4.78 is 5.42. The van der Waals surface area contributed by atoms with Crippen molar-refractivity contribution in [2.24, 2.45) is 5.92 Å². The molecule has 2 fully saturated rings. The predicted molar refractivity (Wildman–Crippen MR) is 99.8 cm³/mol. The number of aromatic nitrogens is 2. The van der Waals surface area contributed by atoms with Crippen molar-refractivity contribution in [2.75, 3.05) is 19.6 Å². The van der Waals surface area contributed by atoms with Gasteiger partial charge in [0.1, 0.15) is 0 Å². The lowest BCUT2D eigenvalue weighted by Crippen LogP contribution is -2.34. The highest BCUT2D eigenvalue weighted by Gasteiger charge is 2.30. The molecule has 1 saturated heterocycles. The average molecular weight is 381 g/mol.